The number of sulfone groups is 1. The van der Waals surface area contributed by atoms with Crippen molar-refractivity contribution >= 4 is 25.8 Å². The van der Waals surface area contributed by atoms with Crippen LogP contribution in [0.1, 0.15) is 13.3 Å². The predicted molar refractivity (Wildman–Crippen MR) is 86.0 cm³/mol. The second kappa shape index (κ2) is 6.96. The molecule has 25 heavy (non-hydrogen) atoms. The summed E-state index contributed by atoms with van der Waals surface area (Å²) in [5, 5.41) is -0.704. The number of carbonyl (C=O) groups excluding carboxylic acids is 1. The van der Waals surface area contributed by atoms with Gasteiger partial charge in [0.05, 0.1) is 11.3 Å². The van der Waals surface area contributed by atoms with Crippen molar-refractivity contribution in [3.05, 3.63) is 29.8 Å². The van der Waals surface area contributed by atoms with Gasteiger partial charge in [0.1, 0.15) is 11.6 Å². The normalized spacial score (nSPS) is 19.8. The maximum Gasteiger partial charge on any atom is 0.247 e. The smallest absolute Gasteiger partial charge is 0.247 e. The number of sulfonamides is 1. The molecule has 1 heterocycles. The Morgan fingerprint density at radius 3 is 2.28 bits per heavy atom. The maximum absolute atomic E-state index is 13.7. The molecule has 0 bridgehead atoms. The average Bonchev–Trinajstić information content (AvgIpc) is 2.95. The number of likely N-dealkylation sites (tertiary alicyclic amines) is 1. The molecule has 140 valence electrons. The first-order valence-corrected chi connectivity index (χ1v) is 10.8. The van der Waals surface area contributed by atoms with E-state index in [1.807, 2.05) is 4.72 Å². The molecule has 7 nitrogen and oxygen atoms in total. The number of rotatable bonds is 5. The van der Waals surface area contributed by atoms with Gasteiger partial charge in [0.2, 0.25) is 15.9 Å². The van der Waals surface area contributed by atoms with E-state index in [0.29, 0.717) is 0 Å². The molecule has 1 aliphatic rings. The van der Waals surface area contributed by atoms with Crippen LogP contribution in [0.25, 0.3) is 0 Å². The van der Waals surface area contributed by atoms with Crippen LogP contribution in [0.3, 0.4) is 0 Å². The topological polar surface area (TPSA) is 101 Å². The predicted octanol–water partition coefficient (Wildman–Crippen LogP) is 0.277. The minimum Gasteiger partial charge on any atom is -0.340 e. The van der Waals surface area contributed by atoms with Crippen LogP contribution in [-0.2, 0) is 24.7 Å². The molecule has 1 aromatic rings. The van der Waals surface area contributed by atoms with Crippen LogP contribution in [-0.4, -0.2) is 58.3 Å². The first-order valence-electron chi connectivity index (χ1n) is 7.37. The number of hydrogen-bond donors (Lipinski definition) is 1. The fraction of sp³-hybridized carbons (Fsp3) is 0.500. The minimum atomic E-state index is -4.60. The molecule has 0 aliphatic carbocycles. The zero-order valence-electron chi connectivity index (χ0n) is 13.6. The summed E-state index contributed by atoms with van der Waals surface area (Å²) in [6, 6.07) is 1.30. The van der Waals surface area contributed by atoms with Gasteiger partial charge < -0.3 is 4.90 Å². The van der Waals surface area contributed by atoms with Gasteiger partial charge in [-0.15, -0.1) is 0 Å². The summed E-state index contributed by atoms with van der Waals surface area (Å²) in [4.78, 5) is 12.4. The average molecular weight is 396 g/mol. The highest BCUT2D eigenvalue weighted by atomic mass is 32.2. The third-order valence-corrected chi connectivity index (χ3v) is 7.14. The Kier molecular flexibility index (Phi) is 5.50. The van der Waals surface area contributed by atoms with Gasteiger partial charge in [-0.3, -0.25) is 4.79 Å². The summed E-state index contributed by atoms with van der Waals surface area (Å²) in [5.74, 6) is -3.21. The Labute approximate surface area is 145 Å². The first-order chi connectivity index (χ1) is 11.4. The van der Waals surface area contributed by atoms with E-state index in [1.165, 1.54) is 11.8 Å². The molecule has 0 spiro atoms. The van der Waals surface area contributed by atoms with Crippen molar-refractivity contribution in [1.29, 1.82) is 0 Å². The summed E-state index contributed by atoms with van der Waals surface area (Å²) < 4.78 is 76.6. The van der Waals surface area contributed by atoms with E-state index in [4.69, 9.17) is 0 Å². The zero-order valence-corrected chi connectivity index (χ0v) is 15.2. The molecular formula is C14H18F2N2O5S2. The highest BCUT2D eigenvalue weighted by Gasteiger charge is 2.36. The molecule has 2 rings (SSSR count). The van der Waals surface area contributed by atoms with Crippen molar-refractivity contribution < 1.29 is 30.4 Å². The third-order valence-electron chi connectivity index (χ3n) is 3.95. The molecule has 1 N–H and O–H groups in total. The minimum absolute atomic E-state index is 0.0439. The Hall–Kier alpha value is -1.59. The quantitative estimate of drug-likeness (QED) is 0.770. The van der Waals surface area contributed by atoms with Crippen LogP contribution in [0.5, 0.6) is 0 Å². The van der Waals surface area contributed by atoms with Crippen LogP contribution >= 0.6 is 0 Å². The number of amides is 1. The van der Waals surface area contributed by atoms with Crippen LogP contribution < -0.4 is 4.72 Å². The van der Waals surface area contributed by atoms with E-state index in [1.54, 1.807) is 0 Å². The molecule has 1 amide bonds. The fourth-order valence-electron chi connectivity index (χ4n) is 2.63. The van der Waals surface area contributed by atoms with Gasteiger partial charge in [0, 0.05) is 19.3 Å². The number of hydrogen-bond acceptors (Lipinski definition) is 5. The highest BCUT2D eigenvalue weighted by Crippen LogP contribution is 2.20. The van der Waals surface area contributed by atoms with Crippen molar-refractivity contribution in [2.24, 2.45) is 0 Å². The van der Waals surface area contributed by atoms with Crippen molar-refractivity contribution in [1.82, 2.24) is 9.62 Å². The van der Waals surface area contributed by atoms with Crippen LogP contribution in [0.2, 0.25) is 0 Å². The van der Waals surface area contributed by atoms with Crippen LogP contribution in [0.15, 0.2) is 23.1 Å². The highest BCUT2D eigenvalue weighted by molar-refractivity contribution is 7.91. The number of carbonyl (C=O) groups is 1. The number of halogens is 2. The largest absolute Gasteiger partial charge is 0.340 e. The zero-order chi connectivity index (χ0) is 19.0. The number of nitrogens with one attached hydrogen (secondary N) is 1. The molecule has 0 aromatic heterocycles. The van der Waals surface area contributed by atoms with E-state index < -0.39 is 53.6 Å². The fourth-order valence-corrected chi connectivity index (χ4v) is 4.95. The Morgan fingerprint density at radius 2 is 1.80 bits per heavy atom. The molecule has 1 fully saturated rings. The number of nitrogens with zero attached hydrogens (tertiary/aromatic N) is 1. The molecule has 1 aliphatic heterocycles. The Morgan fingerprint density at radius 1 is 1.24 bits per heavy atom. The molecule has 0 radical (unpaired) electrons. The summed E-state index contributed by atoms with van der Waals surface area (Å²) in [6.45, 7) is 1.35. The molecule has 1 aromatic carbocycles. The lowest BCUT2D eigenvalue weighted by molar-refractivity contribution is -0.131. The van der Waals surface area contributed by atoms with Gasteiger partial charge in [-0.1, -0.05) is 6.07 Å². The lowest BCUT2D eigenvalue weighted by Crippen LogP contribution is -2.46. The van der Waals surface area contributed by atoms with Gasteiger partial charge in [0.15, 0.2) is 14.7 Å². The second-order valence-corrected chi connectivity index (χ2v) is 9.89. The summed E-state index contributed by atoms with van der Waals surface area (Å²) in [7, 11) is -7.92. The van der Waals surface area contributed by atoms with E-state index in [0.717, 1.165) is 24.5 Å². The van der Waals surface area contributed by atoms with Crippen molar-refractivity contribution in [3.8, 4) is 0 Å². The monoisotopic (exact) mass is 396 g/mol. The van der Waals surface area contributed by atoms with Crippen LogP contribution in [0, 0.1) is 11.6 Å². The van der Waals surface area contributed by atoms with Crippen molar-refractivity contribution in [2.45, 2.75) is 29.5 Å². The first kappa shape index (κ1) is 19.7. The van der Waals surface area contributed by atoms with E-state index >= 15 is 0 Å². The molecule has 2 unspecified atom stereocenters. The molecular weight excluding hydrogens is 378 g/mol. The van der Waals surface area contributed by atoms with E-state index in [2.05, 4.69) is 0 Å². The molecule has 0 saturated carbocycles. The molecule has 2 atom stereocenters. The van der Waals surface area contributed by atoms with Crippen molar-refractivity contribution in [3.63, 3.8) is 0 Å². The second-order valence-electron chi connectivity index (χ2n) is 5.92. The summed E-state index contributed by atoms with van der Waals surface area (Å²) in [6.07, 6.45) is 1.32. The summed E-state index contributed by atoms with van der Waals surface area (Å²) in [5.41, 5.74) is 0. The standard InChI is InChI=1S/C14H18F2N2O5S2/c1-9(14(19)18-7-6-10(8-18)24(2,20)21)17-25(22,23)13-11(15)4-3-5-12(13)16/h3-5,9-10,17H,6-8H2,1-2H3. The molecule has 11 heteroatoms. The van der Waals surface area contributed by atoms with Crippen LogP contribution in [0.4, 0.5) is 8.78 Å². The van der Waals surface area contributed by atoms with Gasteiger partial charge in [-0.25, -0.2) is 25.6 Å². The van der Waals surface area contributed by atoms with Crippen molar-refractivity contribution in [2.75, 3.05) is 19.3 Å². The Balaban J connectivity index is 2.14. The van der Waals surface area contributed by atoms with E-state index in [9.17, 15) is 30.4 Å². The lowest BCUT2D eigenvalue weighted by atomic mass is 10.3. The van der Waals surface area contributed by atoms with Gasteiger partial charge in [-0.2, -0.15) is 4.72 Å². The van der Waals surface area contributed by atoms with Gasteiger partial charge in [-0.05, 0) is 25.5 Å². The molecule has 1 saturated heterocycles. The van der Waals surface area contributed by atoms with Gasteiger partial charge >= 0.3 is 0 Å². The number of benzene rings is 1. The lowest BCUT2D eigenvalue weighted by Gasteiger charge is -2.21. The van der Waals surface area contributed by atoms with Gasteiger partial charge in [0.25, 0.3) is 0 Å². The maximum atomic E-state index is 13.7. The summed E-state index contributed by atoms with van der Waals surface area (Å²) >= 11 is 0. The third kappa shape index (κ3) is 4.33. The SMILES string of the molecule is CC(NS(=O)(=O)c1c(F)cccc1F)C(=O)N1CCC(S(C)(=O)=O)C1. The van der Waals surface area contributed by atoms with E-state index in [-0.39, 0.29) is 19.5 Å². The Bertz CT molecular complexity index is 866.